The molecule has 0 aromatic heterocycles. The van der Waals surface area contributed by atoms with Crippen LogP contribution in [0.3, 0.4) is 0 Å². The quantitative estimate of drug-likeness (QED) is 0.315. The smallest absolute Gasteiger partial charge is 0.406 e. The van der Waals surface area contributed by atoms with Crippen LogP contribution in [0.2, 0.25) is 10.0 Å². The predicted octanol–water partition coefficient (Wildman–Crippen LogP) is 7.38. The molecule has 1 N–H and O–H groups in total. The summed E-state index contributed by atoms with van der Waals surface area (Å²) in [4.78, 5) is 39.1. The number of imide groups is 1. The van der Waals surface area contributed by atoms with Crippen molar-refractivity contribution >= 4 is 63.8 Å². The molecule has 3 aromatic rings. The molecule has 0 bridgehead atoms. The number of ether oxygens (including phenoxy) is 1. The normalized spacial score (nSPS) is 14.8. The van der Waals surface area contributed by atoms with Crippen molar-refractivity contribution in [1.29, 1.82) is 0 Å². The zero-order chi connectivity index (χ0) is 26.7. The van der Waals surface area contributed by atoms with Gasteiger partial charge in [-0.1, -0.05) is 41.4 Å². The van der Waals surface area contributed by atoms with E-state index in [0.717, 1.165) is 28.8 Å². The molecular weight excluding hydrogens is 552 g/mol. The number of carbonyl (C=O) groups is 3. The summed E-state index contributed by atoms with van der Waals surface area (Å²) in [5.41, 5.74) is 1.68. The Kier molecular flexibility index (Phi) is 7.82. The van der Waals surface area contributed by atoms with E-state index in [4.69, 9.17) is 23.2 Å². The lowest BCUT2D eigenvalue weighted by atomic mass is 10.1. The summed E-state index contributed by atoms with van der Waals surface area (Å²) >= 11 is 12.7. The second kappa shape index (κ2) is 10.9. The fourth-order valence-electron chi connectivity index (χ4n) is 3.33. The molecule has 1 aliphatic heterocycles. The molecule has 0 radical (unpaired) electrons. The number of thioether (sulfide) groups is 1. The highest BCUT2D eigenvalue weighted by Gasteiger charge is 2.35. The zero-order valence-electron chi connectivity index (χ0n) is 18.5. The Hall–Kier alpha value is -3.47. The molecule has 0 aliphatic carbocycles. The summed E-state index contributed by atoms with van der Waals surface area (Å²) < 4.78 is 40.7. The van der Waals surface area contributed by atoms with Crippen molar-refractivity contribution in [2.75, 3.05) is 5.32 Å². The number of carbonyl (C=O) groups excluding carboxylic acids is 3. The van der Waals surface area contributed by atoms with Gasteiger partial charge in [-0.25, -0.2) is 0 Å². The molecule has 0 unspecified atom stereocenters. The molecule has 12 heteroatoms. The first-order valence-corrected chi connectivity index (χ1v) is 12.0. The molecule has 1 saturated heterocycles. The van der Waals surface area contributed by atoms with Crippen molar-refractivity contribution < 1.29 is 32.3 Å². The Morgan fingerprint density at radius 3 is 2.41 bits per heavy atom. The Bertz CT molecular complexity index is 1410. The van der Waals surface area contributed by atoms with Crippen LogP contribution < -0.4 is 10.1 Å². The molecule has 0 atom stereocenters. The van der Waals surface area contributed by atoms with Gasteiger partial charge < -0.3 is 10.1 Å². The second-order valence-electron chi connectivity index (χ2n) is 7.67. The van der Waals surface area contributed by atoms with E-state index in [-0.39, 0.29) is 17.0 Å². The van der Waals surface area contributed by atoms with Crippen LogP contribution in [-0.2, 0) is 11.3 Å². The number of hydrogen-bond donors (Lipinski definition) is 1. The Balaban J connectivity index is 1.44. The fraction of sp³-hybridized carbons (Fsp3) is 0.0800. The van der Waals surface area contributed by atoms with Gasteiger partial charge in [0.15, 0.2) is 0 Å². The number of nitrogens with one attached hydrogen (secondary N) is 1. The highest BCUT2D eigenvalue weighted by Crippen LogP contribution is 2.34. The summed E-state index contributed by atoms with van der Waals surface area (Å²) in [5.74, 6) is -1.48. The molecule has 3 aromatic carbocycles. The number of benzene rings is 3. The van der Waals surface area contributed by atoms with Crippen molar-refractivity contribution in [3.05, 3.63) is 98.4 Å². The van der Waals surface area contributed by atoms with Crippen LogP contribution in [0.4, 0.5) is 23.7 Å². The fourth-order valence-corrected chi connectivity index (χ4v) is 4.48. The van der Waals surface area contributed by atoms with Gasteiger partial charge in [0.1, 0.15) is 5.75 Å². The van der Waals surface area contributed by atoms with Crippen molar-refractivity contribution in [3.8, 4) is 5.75 Å². The van der Waals surface area contributed by atoms with Gasteiger partial charge in [-0.3, -0.25) is 19.3 Å². The molecule has 0 saturated carbocycles. The maximum Gasteiger partial charge on any atom is 0.573 e. The van der Waals surface area contributed by atoms with E-state index >= 15 is 0 Å². The minimum Gasteiger partial charge on any atom is -0.406 e. The van der Waals surface area contributed by atoms with Crippen molar-refractivity contribution in [2.24, 2.45) is 0 Å². The zero-order valence-corrected chi connectivity index (χ0v) is 20.8. The number of halogens is 5. The average molecular weight is 567 g/mol. The highest BCUT2D eigenvalue weighted by molar-refractivity contribution is 8.18. The molecule has 37 heavy (non-hydrogen) atoms. The van der Waals surface area contributed by atoms with Gasteiger partial charge in [0, 0.05) is 11.3 Å². The number of alkyl halides is 3. The average Bonchev–Trinajstić information content (AvgIpc) is 3.08. The monoisotopic (exact) mass is 566 g/mol. The second-order valence-corrected chi connectivity index (χ2v) is 9.48. The minimum absolute atomic E-state index is 0.0296. The van der Waals surface area contributed by atoms with E-state index in [9.17, 15) is 27.6 Å². The third kappa shape index (κ3) is 6.85. The number of nitrogens with zero attached hydrogens (tertiary/aromatic N) is 1. The number of rotatable bonds is 6. The topological polar surface area (TPSA) is 75.7 Å². The van der Waals surface area contributed by atoms with E-state index in [1.54, 1.807) is 42.5 Å². The minimum atomic E-state index is -4.83. The van der Waals surface area contributed by atoms with Crippen LogP contribution in [-0.4, -0.2) is 28.3 Å². The number of hydrogen-bond acceptors (Lipinski definition) is 5. The number of anilines is 1. The Morgan fingerprint density at radius 1 is 1.00 bits per heavy atom. The summed E-state index contributed by atoms with van der Waals surface area (Å²) in [6, 6.07) is 15.8. The largest absolute Gasteiger partial charge is 0.573 e. The van der Waals surface area contributed by atoms with Crippen LogP contribution >= 0.6 is 35.0 Å². The summed E-state index contributed by atoms with van der Waals surface area (Å²) in [7, 11) is 0. The first kappa shape index (κ1) is 26.6. The molecule has 1 fully saturated rings. The van der Waals surface area contributed by atoms with E-state index in [1.165, 1.54) is 18.2 Å². The van der Waals surface area contributed by atoms with E-state index in [0.29, 0.717) is 26.9 Å². The van der Waals surface area contributed by atoms with Crippen molar-refractivity contribution in [2.45, 2.75) is 12.9 Å². The van der Waals surface area contributed by atoms with Gasteiger partial charge >= 0.3 is 6.36 Å². The van der Waals surface area contributed by atoms with Gasteiger partial charge in [-0.15, -0.1) is 13.2 Å². The van der Waals surface area contributed by atoms with Gasteiger partial charge in [0.25, 0.3) is 17.1 Å². The van der Waals surface area contributed by atoms with Crippen LogP contribution in [0.25, 0.3) is 6.08 Å². The third-order valence-electron chi connectivity index (χ3n) is 4.99. The van der Waals surface area contributed by atoms with Crippen LogP contribution in [0.15, 0.2) is 71.6 Å². The summed E-state index contributed by atoms with van der Waals surface area (Å²) in [6.45, 7) is 0.0296. The Labute approximate surface area is 223 Å². The summed E-state index contributed by atoms with van der Waals surface area (Å²) in [5, 5.41) is 2.87. The molecule has 190 valence electrons. The summed E-state index contributed by atoms with van der Waals surface area (Å²) in [6.07, 6.45) is -3.30. The standard InChI is InChI=1S/C25H15Cl2F3N2O4S/c26-19-9-4-15(11-20(19)27)13-32-23(34)21(37-24(32)35)12-14-2-1-3-17(10-14)31-22(33)16-5-7-18(8-6-16)36-25(28,29)30/h1-12H,13H2,(H,31,33)/b21-12+. The lowest BCUT2D eigenvalue weighted by Gasteiger charge is -2.13. The van der Waals surface area contributed by atoms with E-state index < -0.39 is 29.2 Å². The lowest BCUT2D eigenvalue weighted by molar-refractivity contribution is -0.274. The van der Waals surface area contributed by atoms with Gasteiger partial charge in [-0.05, 0) is 77.5 Å². The van der Waals surface area contributed by atoms with Gasteiger partial charge in [0.2, 0.25) is 0 Å². The van der Waals surface area contributed by atoms with E-state index in [1.807, 2.05) is 0 Å². The molecule has 1 aliphatic rings. The van der Waals surface area contributed by atoms with Crippen molar-refractivity contribution in [3.63, 3.8) is 0 Å². The highest BCUT2D eigenvalue weighted by atomic mass is 35.5. The molecule has 4 rings (SSSR count). The predicted molar refractivity (Wildman–Crippen MR) is 135 cm³/mol. The maximum atomic E-state index is 12.8. The van der Waals surface area contributed by atoms with Gasteiger partial charge in [-0.2, -0.15) is 0 Å². The van der Waals surface area contributed by atoms with Crippen LogP contribution in [0, 0.1) is 0 Å². The molecule has 6 nitrogen and oxygen atoms in total. The molecule has 1 heterocycles. The third-order valence-corrected chi connectivity index (χ3v) is 6.64. The first-order chi connectivity index (χ1) is 17.5. The van der Waals surface area contributed by atoms with Crippen molar-refractivity contribution in [1.82, 2.24) is 4.90 Å². The maximum absolute atomic E-state index is 12.8. The van der Waals surface area contributed by atoms with Crippen LogP contribution in [0.5, 0.6) is 5.75 Å². The first-order valence-electron chi connectivity index (χ1n) is 10.4. The van der Waals surface area contributed by atoms with Gasteiger partial charge in [0.05, 0.1) is 21.5 Å². The SMILES string of the molecule is O=C(Nc1cccc(/C=C2/SC(=O)N(Cc3ccc(Cl)c(Cl)c3)C2=O)c1)c1ccc(OC(F)(F)F)cc1. The molecule has 0 spiro atoms. The molecule has 3 amide bonds. The van der Waals surface area contributed by atoms with E-state index in [2.05, 4.69) is 10.1 Å². The Morgan fingerprint density at radius 2 is 1.73 bits per heavy atom. The van der Waals surface area contributed by atoms with Crippen LogP contribution in [0.1, 0.15) is 21.5 Å². The lowest BCUT2D eigenvalue weighted by Crippen LogP contribution is -2.27. The number of amides is 3. The molecular formula is C25H15Cl2F3N2O4S.